The first-order chi connectivity index (χ1) is 13.4. The van der Waals surface area contributed by atoms with Gasteiger partial charge in [-0.15, -0.1) is 0 Å². The molecule has 0 fully saturated rings. The van der Waals surface area contributed by atoms with Gasteiger partial charge >= 0.3 is 0 Å². The van der Waals surface area contributed by atoms with Crippen LogP contribution in [0, 0.1) is 13.8 Å². The van der Waals surface area contributed by atoms with E-state index >= 15 is 0 Å². The minimum atomic E-state index is -0.214. The topological polar surface area (TPSA) is 80.0 Å². The molecule has 0 aliphatic carbocycles. The highest BCUT2D eigenvalue weighted by atomic mass is 16.3. The second-order valence-electron chi connectivity index (χ2n) is 7.11. The van der Waals surface area contributed by atoms with Crippen molar-refractivity contribution in [3.8, 4) is 11.3 Å². The number of rotatable bonds is 4. The van der Waals surface area contributed by atoms with Gasteiger partial charge in [-0.3, -0.25) is 14.6 Å². The number of benzene rings is 1. The number of hydrogen-bond donors (Lipinski definition) is 1. The Labute approximate surface area is 163 Å². The monoisotopic (exact) mass is 377 g/mol. The number of H-pyrrole nitrogens is 1. The molecule has 1 N–H and O–H groups in total. The zero-order chi connectivity index (χ0) is 20.0. The van der Waals surface area contributed by atoms with Crippen LogP contribution in [0.3, 0.4) is 0 Å². The summed E-state index contributed by atoms with van der Waals surface area (Å²) >= 11 is 0. The summed E-state index contributed by atoms with van der Waals surface area (Å²) in [5, 5.41) is 12.7. The molecule has 0 saturated carbocycles. The predicted molar refractivity (Wildman–Crippen MR) is 107 cm³/mol. The minimum Gasteiger partial charge on any atom is -0.459 e. The molecule has 144 valence electrons. The maximum absolute atomic E-state index is 13.0. The Balaban J connectivity index is 1.59. The molecular weight excluding hydrogens is 354 g/mol. The van der Waals surface area contributed by atoms with E-state index in [0.717, 1.165) is 39.4 Å². The molecule has 28 heavy (non-hydrogen) atoms. The first-order valence-electron chi connectivity index (χ1n) is 9.18. The largest absolute Gasteiger partial charge is 0.459 e. The Bertz CT molecular complexity index is 1130. The first-order valence-corrected chi connectivity index (χ1v) is 9.18. The minimum absolute atomic E-state index is 0.147. The number of hydrogen-bond acceptors (Lipinski definition) is 4. The van der Waals surface area contributed by atoms with Gasteiger partial charge in [0, 0.05) is 30.7 Å². The van der Waals surface area contributed by atoms with E-state index in [9.17, 15) is 4.79 Å². The first kappa shape index (κ1) is 18.0. The van der Waals surface area contributed by atoms with E-state index in [0.29, 0.717) is 5.69 Å². The highest BCUT2D eigenvalue weighted by molar-refractivity contribution is 5.93. The Hall–Kier alpha value is -3.35. The average molecular weight is 377 g/mol. The molecule has 1 unspecified atom stereocenters. The zero-order valence-electron chi connectivity index (χ0n) is 16.6. The van der Waals surface area contributed by atoms with Crippen molar-refractivity contribution in [2.24, 2.45) is 7.05 Å². The number of nitrogens with one attached hydrogen (secondary N) is 1. The van der Waals surface area contributed by atoms with Crippen molar-refractivity contribution < 1.29 is 9.21 Å². The second kappa shape index (κ2) is 6.67. The summed E-state index contributed by atoms with van der Waals surface area (Å²) in [6.45, 7) is 5.87. The molecule has 0 bridgehead atoms. The average Bonchev–Trinajstić information content (AvgIpc) is 3.38. The maximum atomic E-state index is 13.0. The molecule has 0 spiro atoms. The van der Waals surface area contributed by atoms with Crippen LogP contribution >= 0.6 is 0 Å². The van der Waals surface area contributed by atoms with Gasteiger partial charge in [0.05, 0.1) is 17.4 Å². The van der Waals surface area contributed by atoms with Crippen LogP contribution in [0.2, 0.25) is 0 Å². The number of furan rings is 1. The van der Waals surface area contributed by atoms with Crippen LogP contribution in [-0.2, 0) is 7.05 Å². The van der Waals surface area contributed by atoms with Gasteiger partial charge in [-0.05, 0) is 39.0 Å². The van der Waals surface area contributed by atoms with Crippen LogP contribution in [0.5, 0.6) is 0 Å². The number of carbonyl (C=O) groups is 1. The SMILES string of the molecule is Cc1nn(C)c(C)c1-c1cc(C(=O)N(C)C(C)c2cc3ccccc3o2)[nH]n1. The van der Waals surface area contributed by atoms with Gasteiger partial charge in [0.1, 0.15) is 17.0 Å². The molecule has 0 aliphatic heterocycles. The van der Waals surface area contributed by atoms with Crippen LogP contribution < -0.4 is 0 Å². The van der Waals surface area contributed by atoms with E-state index in [1.54, 1.807) is 18.0 Å². The highest BCUT2D eigenvalue weighted by Gasteiger charge is 2.24. The molecule has 0 saturated heterocycles. The van der Waals surface area contributed by atoms with Gasteiger partial charge in [-0.25, -0.2) is 0 Å². The van der Waals surface area contributed by atoms with Gasteiger partial charge in [0.2, 0.25) is 0 Å². The van der Waals surface area contributed by atoms with E-state index in [2.05, 4.69) is 15.3 Å². The zero-order valence-corrected chi connectivity index (χ0v) is 16.6. The van der Waals surface area contributed by atoms with Crippen molar-refractivity contribution in [3.63, 3.8) is 0 Å². The number of aromatic amines is 1. The number of fused-ring (bicyclic) bond motifs is 1. The van der Waals surface area contributed by atoms with E-state index in [1.165, 1.54) is 0 Å². The summed E-state index contributed by atoms with van der Waals surface area (Å²) in [7, 11) is 3.66. The molecular formula is C21H23N5O2. The molecule has 7 heteroatoms. The summed E-state index contributed by atoms with van der Waals surface area (Å²) in [5.41, 5.74) is 4.81. The molecule has 1 atom stereocenters. The van der Waals surface area contributed by atoms with Crippen molar-refractivity contribution >= 4 is 16.9 Å². The smallest absolute Gasteiger partial charge is 0.272 e. The number of nitrogens with zero attached hydrogens (tertiary/aromatic N) is 4. The molecule has 4 rings (SSSR count). The van der Waals surface area contributed by atoms with Crippen LogP contribution in [-0.4, -0.2) is 37.8 Å². The van der Waals surface area contributed by atoms with Crippen LogP contribution in [0.15, 0.2) is 40.8 Å². The highest BCUT2D eigenvalue weighted by Crippen LogP contribution is 2.29. The predicted octanol–water partition coefficient (Wildman–Crippen LogP) is 4.01. The van der Waals surface area contributed by atoms with Gasteiger partial charge < -0.3 is 9.32 Å². The fourth-order valence-corrected chi connectivity index (χ4v) is 3.47. The van der Waals surface area contributed by atoms with Crippen LogP contribution in [0.1, 0.15) is 40.6 Å². The third-order valence-corrected chi connectivity index (χ3v) is 5.33. The third kappa shape index (κ3) is 2.89. The molecule has 0 aliphatic rings. The molecule has 4 aromatic rings. The Morgan fingerprint density at radius 1 is 1.25 bits per heavy atom. The van der Waals surface area contributed by atoms with Crippen molar-refractivity contribution in [2.45, 2.75) is 26.8 Å². The Morgan fingerprint density at radius 3 is 2.68 bits per heavy atom. The van der Waals surface area contributed by atoms with Crippen molar-refractivity contribution in [2.75, 3.05) is 7.05 Å². The van der Waals surface area contributed by atoms with E-state index in [1.807, 2.05) is 62.8 Å². The summed E-state index contributed by atoms with van der Waals surface area (Å²) < 4.78 is 7.73. The van der Waals surface area contributed by atoms with Crippen LogP contribution in [0.25, 0.3) is 22.2 Å². The molecule has 3 aromatic heterocycles. The normalized spacial score (nSPS) is 12.5. The van der Waals surface area contributed by atoms with E-state index < -0.39 is 0 Å². The number of aromatic nitrogens is 4. The fourth-order valence-electron chi connectivity index (χ4n) is 3.47. The van der Waals surface area contributed by atoms with E-state index in [4.69, 9.17) is 4.42 Å². The maximum Gasteiger partial charge on any atom is 0.272 e. The molecule has 1 amide bonds. The quantitative estimate of drug-likeness (QED) is 0.583. The number of carbonyl (C=O) groups excluding carboxylic acids is 1. The van der Waals surface area contributed by atoms with Gasteiger partial charge in [0.25, 0.3) is 5.91 Å². The lowest BCUT2D eigenvalue weighted by Crippen LogP contribution is -2.29. The fraction of sp³-hybridized carbons (Fsp3) is 0.286. The van der Waals surface area contributed by atoms with Crippen molar-refractivity contribution in [1.82, 2.24) is 24.9 Å². The van der Waals surface area contributed by atoms with E-state index in [-0.39, 0.29) is 11.9 Å². The lowest BCUT2D eigenvalue weighted by atomic mass is 10.1. The third-order valence-electron chi connectivity index (χ3n) is 5.33. The lowest BCUT2D eigenvalue weighted by molar-refractivity contribution is 0.0721. The standard InChI is InChI=1S/C21H23N5O2/c1-12-20(14(3)26(5)24-12)16-11-17(23-22-16)21(27)25(4)13(2)19-10-15-8-6-7-9-18(15)28-19/h6-11,13H,1-5H3,(H,22,23). The van der Waals surface area contributed by atoms with Gasteiger partial charge in [-0.2, -0.15) is 10.2 Å². The Kier molecular flexibility index (Phi) is 4.30. The summed E-state index contributed by atoms with van der Waals surface area (Å²) in [5.74, 6) is 0.599. The molecule has 0 radical (unpaired) electrons. The second-order valence-corrected chi connectivity index (χ2v) is 7.11. The molecule has 1 aromatic carbocycles. The van der Waals surface area contributed by atoms with Gasteiger partial charge in [0.15, 0.2) is 0 Å². The number of aryl methyl sites for hydroxylation is 2. The summed E-state index contributed by atoms with van der Waals surface area (Å²) in [4.78, 5) is 14.6. The van der Waals surface area contributed by atoms with Crippen molar-refractivity contribution in [1.29, 1.82) is 0 Å². The Morgan fingerprint density at radius 2 is 2.00 bits per heavy atom. The van der Waals surface area contributed by atoms with Crippen molar-refractivity contribution in [3.05, 3.63) is 59.2 Å². The number of para-hydroxylation sites is 1. The number of amides is 1. The lowest BCUT2D eigenvalue weighted by Gasteiger charge is -2.22. The molecule has 7 nitrogen and oxygen atoms in total. The van der Waals surface area contributed by atoms with Gasteiger partial charge in [-0.1, -0.05) is 18.2 Å². The molecule has 3 heterocycles. The van der Waals surface area contributed by atoms with Crippen LogP contribution in [0.4, 0.5) is 0 Å². The summed E-state index contributed by atoms with van der Waals surface area (Å²) in [6, 6.07) is 11.4. The summed E-state index contributed by atoms with van der Waals surface area (Å²) in [6.07, 6.45) is 0.